The van der Waals surface area contributed by atoms with Crippen molar-refractivity contribution in [1.29, 1.82) is 0 Å². The van der Waals surface area contributed by atoms with Crippen LogP contribution in [-0.2, 0) is 12.0 Å². The molecule has 2 N–H and O–H groups in total. The van der Waals surface area contributed by atoms with Crippen molar-refractivity contribution in [3.63, 3.8) is 0 Å². The Morgan fingerprint density at radius 3 is 2.26 bits per heavy atom. The molecule has 0 aliphatic rings. The molecule has 3 heteroatoms. The third kappa shape index (κ3) is 5.21. The van der Waals surface area contributed by atoms with Crippen LogP contribution in [0.1, 0.15) is 45.7 Å². The molecule has 0 aliphatic heterocycles. The second-order valence-corrected chi connectivity index (χ2v) is 6.70. The van der Waals surface area contributed by atoms with E-state index in [1.54, 1.807) is 21.0 Å². The molecule has 0 radical (unpaired) electrons. The van der Waals surface area contributed by atoms with Gasteiger partial charge in [-0.1, -0.05) is 32.9 Å². The minimum atomic E-state index is -0.681. The summed E-state index contributed by atoms with van der Waals surface area (Å²) in [6.45, 7) is 11.5. The molecule has 0 saturated carbocycles. The number of aliphatic hydroxyl groups is 1. The molecule has 0 unspecified atom stereocenters. The fourth-order valence-electron chi connectivity index (χ4n) is 1.96. The van der Waals surface area contributed by atoms with E-state index in [4.69, 9.17) is 4.74 Å². The van der Waals surface area contributed by atoms with E-state index in [0.717, 1.165) is 12.3 Å². The Morgan fingerprint density at radius 2 is 1.79 bits per heavy atom. The normalized spacial score (nSPS) is 12.6. The summed E-state index contributed by atoms with van der Waals surface area (Å²) in [5.74, 6) is 0.929. The summed E-state index contributed by atoms with van der Waals surface area (Å²) in [6.07, 6.45) is 0. The van der Waals surface area contributed by atoms with E-state index in [2.05, 4.69) is 38.2 Å². The first kappa shape index (κ1) is 16.0. The van der Waals surface area contributed by atoms with Crippen molar-refractivity contribution in [2.75, 3.05) is 13.7 Å². The van der Waals surface area contributed by atoms with Crippen LogP contribution in [0.5, 0.6) is 5.75 Å². The smallest absolute Gasteiger partial charge is 0.122 e. The largest absolute Gasteiger partial charge is 0.496 e. The van der Waals surface area contributed by atoms with Crippen LogP contribution in [0, 0.1) is 0 Å². The van der Waals surface area contributed by atoms with E-state index in [0.29, 0.717) is 6.54 Å². The first-order valence-electron chi connectivity index (χ1n) is 6.74. The highest BCUT2D eigenvalue weighted by Gasteiger charge is 2.19. The Bertz CT molecular complexity index is 414. The fraction of sp³-hybridized carbons (Fsp3) is 0.625. The lowest BCUT2D eigenvalue weighted by atomic mass is 9.85. The lowest BCUT2D eigenvalue weighted by Gasteiger charge is -2.23. The second-order valence-electron chi connectivity index (χ2n) is 6.70. The van der Waals surface area contributed by atoms with Crippen LogP contribution in [0.15, 0.2) is 18.2 Å². The molecule has 19 heavy (non-hydrogen) atoms. The van der Waals surface area contributed by atoms with Gasteiger partial charge in [0.15, 0.2) is 0 Å². The average Bonchev–Trinajstić information content (AvgIpc) is 2.26. The van der Waals surface area contributed by atoms with Crippen LogP contribution in [0.2, 0.25) is 0 Å². The minimum Gasteiger partial charge on any atom is -0.496 e. The zero-order valence-corrected chi connectivity index (χ0v) is 13.0. The molecular formula is C16H27NO2. The summed E-state index contributed by atoms with van der Waals surface area (Å²) in [4.78, 5) is 0. The lowest BCUT2D eigenvalue weighted by Crippen LogP contribution is -2.34. The van der Waals surface area contributed by atoms with Crippen LogP contribution in [-0.4, -0.2) is 24.4 Å². The van der Waals surface area contributed by atoms with E-state index >= 15 is 0 Å². The molecule has 0 bridgehead atoms. The van der Waals surface area contributed by atoms with Gasteiger partial charge < -0.3 is 15.2 Å². The van der Waals surface area contributed by atoms with Gasteiger partial charge in [0.1, 0.15) is 5.75 Å². The SMILES string of the molecule is COc1ccc(CNCC(C)(C)O)cc1C(C)(C)C. The fourth-order valence-corrected chi connectivity index (χ4v) is 1.96. The highest BCUT2D eigenvalue weighted by Crippen LogP contribution is 2.31. The first-order chi connectivity index (χ1) is 8.63. The Morgan fingerprint density at radius 1 is 1.16 bits per heavy atom. The molecule has 108 valence electrons. The first-order valence-corrected chi connectivity index (χ1v) is 6.74. The molecule has 0 fully saturated rings. The third-order valence-electron chi connectivity index (χ3n) is 2.96. The quantitative estimate of drug-likeness (QED) is 0.860. The zero-order chi connectivity index (χ0) is 14.7. The highest BCUT2D eigenvalue weighted by molar-refractivity contribution is 5.41. The Labute approximate surface area is 117 Å². The highest BCUT2D eigenvalue weighted by atomic mass is 16.5. The Kier molecular flexibility index (Phi) is 4.99. The van der Waals surface area contributed by atoms with Gasteiger partial charge in [-0.05, 0) is 36.5 Å². The molecule has 0 amide bonds. The van der Waals surface area contributed by atoms with E-state index in [9.17, 15) is 5.11 Å². The summed E-state index contributed by atoms with van der Waals surface area (Å²) in [7, 11) is 1.71. The third-order valence-corrected chi connectivity index (χ3v) is 2.96. The van der Waals surface area contributed by atoms with Gasteiger partial charge >= 0.3 is 0 Å². The van der Waals surface area contributed by atoms with Gasteiger partial charge in [0.05, 0.1) is 12.7 Å². The van der Waals surface area contributed by atoms with E-state index in [1.807, 2.05) is 6.07 Å². The van der Waals surface area contributed by atoms with Crippen molar-refractivity contribution in [1.82, 2.24) is 5.32 Å². The van der Waals surface area contributed by atoms with Crippen molar-refractivity contribution in [3.8, 4) is 5.75 Å². The number of nitrogens with one attached hydrogen (secondary N) is 1. The van der Waals surface area contributed by atoms with E-state index in [-0.39, 0.29) is 5.41 Å². The van der Waals surface area contributed by atoms with Gasteiger partial charge in [0.2, 0.25) is 0 Å². The maximum Gasteiger partial charge on any atom is 0.122 e. The van der Waals surface area contributed by atoms with Gasteiger partial charge in [-0.15, -0.1) is 0 Å². The average molecular weight is 265 g/mol. The van der Waals surface area contributed by atoms with E-state index < -0.39 is 5.60 Å². The number of benzene rings is 1. The minimum absolute atomic E-state index is 0.0532. The zero-order valence-electron chi connectivity index (χ0n) is 13.0. The number of ether oxygens (including phenoxy) is 1. The summed E-state index contributed by atoms with van der Waals surface area (Å²) >= 11 is 0. The molecule has 3 nitrogen and oxygen atoms in total. The Balaban J connectivity index is 2.82. The molecule has 0 saturated heterocycles. The van der Waals surface area contributed by atoms with Gasteiger partial charge in [0, 0.05) is 13.1 Å². The molecule has 0 aromatic heterocycles. The van der Waals surface area contributed by atoms with Crippen LogP contribution in [0.4, 0.5) is 0 Å². The molecule has 1 rings (SSSR count). The number of rotatable bonds is 5. The molecule has 1 aromatic rings. The van der Waals surface area contributed by atoms with Crippen molar-refractivity contribution in [2.45, 2.75) is 52.2 Å². The van der Waals surface area contributed by atoms with Crippen molar-refractivity contribution >= 4 is 0 Å². The molecule has 1 aromatic carbocycles. The predicted molar refractivity (Wildman–Crippen MR) is 79.7 cm³/mol. The lowest BCUT2D eigenvalue weighted by molar-refractivity contribution is 0.0795. The summed E-state index contributed by atoms with van der Waals surface area (Å²) in [5.41, 5.74) is 1.78. The molecule has 0 aliphatic carbocycles. The van der Waals surface area contributed by atoms with Crippen molar-refractivity contribution < 1.29 is 9.84 Å². The molecule has 0 spiro atoms. The topological polar surface area (TPSA) is 41.5 Å². The number of hydrogen-bond acceptors (Lipinski definition) is 3. The van der Waals surface area contributed by atoms with Gasteiger partial charge in [-0.25, -0.2) is 0 Å². The van der Waals surface area contributed by atoms with Gasteiger partial charge in [-0.3, -0.25) is 0 Å². The monoisotopic (exact) mass is 265 g/mol. The maximum atomic E-state index is 9.68. The van der Waals surface area contributed by atoms with Gasteiger partial charge in [0.25, 0.3) is 0 Å². The van der Waals surface area contributed by atoms with Crippen molar-refractivity contribution in [2.24, 2.45) is 0 Å². The van der Waals surface area contributed by atoms with Crippen molar-refractivity contribution in [3.05, 3.63) is 29.3 Å². The molecular weight excluding hydrogens is 238 g/mol. The van der Waals surface area contributed by atoms with Crippen LogP contribution in [0.25, 0.3) is 0 Å². The Hall–Kier alpha value is -1.06. The summed E-state index contributed by atoms with van der Waals surface area (Å²) in [6, 6.07) is 6.25. The summed E-state index contributed by atoms with van der Waals surface area (Å²) in [5, 5.41) is 12.9. The second kappa shape index (κ2) is 5.93. The van der Waals surface area contributed by atoms with Crippen LogP contribution >= 0.6 is 0 Å². The number of methoxy groups -OCH3 is 1. The van der Waals surface area contributed by atoms with Gasteiger partial charge in [-0.2, -0.15) is 0 Å². The number of hydrogen-bond donors (Lipinski definition) is 2. The standard InChI is InChI=1S/C16H27NO2/c1-15(2,3)13-9-12(7-8-14(13)19-6)10-17-11-16(4,5)18/h7-9,17-18H,10-11H2,1-6H3. The molecule has 0 heterocycles. The van der Waals surface area contributed by atoms with Crippen LogP contribution < -0.4 is 10.1 Å². The maximum absolute atomic E-state index is 9.68. The predicted octanol–water partition coefficient (Wildman–Crippen LogP) is 2.85. The summed E-state index contributed by atoms with van der Waals surface area (Å²) < 4.78 is 5.43. The van der Waals surface area contributed by atoms with E-state index in [1.165, 1.54) is 11.1 Å². The molecule has 0 atom stereocenters. The van der Waals surface area contributed by atoms with Crippen LogP contribution in [0.3, 0.4) is 0 Å².